The topological polar surface area (TPSA) is 107 Å². The molecule has 9 heteroatoms. The summed E-state index contributed by atoms with van der Waals surface area (Å²) in [6, 6.07) is 6.44. The van der Waals surface area contributed by atoms with Crippen molar-refractivity contribution < 1.29 is 13.2 Å². The molecule has 2 aromatic rings. The summed E-state index contributed by atoms with van der Waals surface area (Å²) >= 11 is 0. The first-order chi connectivity index (χ1) is 10.1. The van der Waals surface area contributed by atoms with E-state index in [2.05, 4.69) is 20.0 Å². The van der Waals surface area contributed by atoms with Crippen LogP contribution in [0.4, 0.5) is 16.2 Å². The number of aromatic amines is 1. The van der Waals surface area contributed by atoms with E-state index in [4.69, 9.17) is 0 Å². The van der Waals surface area contributed by atoms with Gasteiger partial charge in [-0.15, -0.1) is 0 Å². The predicted octanol–water partition coefficient (Wildman–Crippen LogP) is 0.740. The summed E-state index contributed by atoms with van der Waals surface area (Å²) < 4.78 is 26.4. The number of anilines is 2. The van der Waals surface area contributed by atoms with Crippen LogP contribution in [0.5, 0.6) is 0 Å². The molecule has 0 aliphatic carbocycles. The Morgan fingerprint density at radius 2 is 2.00 bits per heavy atom. The number of nitrogens with zero attached hydrogens (tertiary/aromatic N) is 2. The lowest BCUT2D eigenvalue weighted by Crippen LogP contribution is -2.27. The van der Waals surface area contributed by atoms with Crippen molar-refractivity contribution in [1.29, 1.82) is 0 Å². The summed E-state index contributed by atoms with van der Waals surface area (Å²) in [7, 11) is -3.67. The van der Waals surface area contributed by atoms with Crippen molar-refractivity contribution in [2.24, 2.45) is 0 Å². The molecule has 2 amide bonds. The Balaban J connectivity index is 1.77. The van der Waals surface area contributed by atoms with Crippen LogP contribution in [0.1, 0.15) is 0 Å². The van der Waals surface area contributed by atoms with Gasteiger partial charge in [-0.05, 0) is 24.3 Å². The Hall–Kier alpha value is -2.55. The largest absolute Gasteiger partial charge is 0.336 e. The van der Waals surface area contributed by atoms with E-state index >= 15 is 0 Å². The number of amides is 2. The number of rotatable bonds is 4. The van der Waals surface area contributed by atoms with Crippen LogP contribution >= 0.6 is 0 Å². The average molecular weight is 307 g/mol. The van der Waals surface area contributed by atoms with Gasteiger partial charge in [-0.1, -0.05) is 0 Å². The molecule has 2 heterocycles. The summed E-state index contributed by atoms with van der Waals surface area (Å²) in [5.74, 6) is 0. The molecule has 1 aliphatic heterocycles. The van der Waals surface area contributed by atoms with Crippen molar-refractivity contribution >= 4 is 27.4 Å². The predicted molar refractivity (Wildman–Crippen MR) is 76.6 cm³/mol. The molecule has 0 atom stereocenters. The summed E-state index contributed by atoms with van der Waals surface area (Å²) in [5.41, 5.74) is 1.13. The smallest absolute Gasteiger partial charge is 0.321 e. The molecule has 21 heavy (non-hydrogen) atoms. The number of nitrogens with one attached hydrogen (secondary N) is 3. The van der Waals surface area contributed by atoms with E-state index in [1.807, 2.05) is 0 Å². The van der Waals surface area contributed by atoms with Crippen molar-refractivity contribution in [3.8, 4) is 0 Å². The minimum atomic E-state index is -3.67. The van der Waals surface area contributed by atoms with Crippen LogP contribution < -0.4 is 14.9 Å². The van der Waals surface area contributed by atoms with Gasteiger partial charge < -0.3 is 10.3 Å². The van der Waals surface area contributed by atoms with E-state index in [-0.39, 0.29) is 11.1 Å². The van der Waals surface area contributed by atoms with E-state index < -0.39 is 10.0 Å². The minimum absolute atomic E-state index is 0.00880. The van der Waals surface area contributed by atoms with Crippen molar-refractivity contribution in [1.82, 2.24) is 15.3 Å². The first kappa shape index (κ1) is 13.4. The number of hydrogen-bond donors (Lipinski definition) is 3. The van der Waals surface area contributed by atoms with Gasteiger partial charge in [0.1, 0.15) is 0 Å². The second-order valence-electron chi connectivity index (χ2n) is 4.45. The lowest BCUT2D eigenvalue weighted by Gasteiger charge is -2.14. The monoisotopic (exact) mass is 307 g/mol. The SMILES string of the molecule is O=C1NCCN1c1ccc(NS(=O)(=O)c2cnc[nH]2)cc1. The molecule has 0 bridgehead atoms. The lowest BCUT2D eigenvalue weighted by molar-refractivity contribution is 0.252. The van der Waals surface area contributed by atoms with Crippen LogP contribution in [0.3, 0.4) is 0 Å². The highest BCUT2D eigenvalue weighted by Gasteiger charge is 2.21. The molecule has 0 unspecified atom stereocenters. The molecule has 3 N–H and O–H groups in total. The molecule has 1 aliphatic rings. The summed E-state index contributed by atoms with van der Waals surface area (Å²) in [6.07, 6.45) is 2.52. The highest BCUT2D eigenvalue weighted by Crippen LogP contribution is 2.21. The van der Waals surface area contributed by atoms with Gasteiger partial charge in [-0.2, -0.15) is 8.42 Å². The molecule has 1 saturated heterocycles. The van der Waals surface area contributed by atoms with Gasteiger partial charge in [0.25, 0.3) is 10.0 Å². The lowest BCUT2D eigenvalue weighted by atomic mass is 10.2. The maximum Gasteiger partial charge on any atom is 0.321 e. The molecule has 0 spiro atoms. The Kier molecular flexibility index (Phi) is 3.26. The second-order valence-corrected chi connectivity index (χ2v) is 6.10. The third-order valence-corrected chi connectivity index (χ3v) is 4.36. The molecule has 8 nitrogen and oxygen atoms in total. The highest BCUT2D eigenvalue weighted by atomic mass is 32.2. The van der Waals surface area contributed by atoms with Gasteiger partial charge in [0.05, 0.1) is 12.5 Å². The molecule has 0 radical (unpaired) electrons. The van der Waals surface area contributed by atoms with E-state index in [1.54, 1.807) is 29.2 Å². The number of imidazole rings is 1. The van der Waals surface area contributed by atoms with Crippen LogP contribution in [-0.2, 0) is 10.0 Å². The average Bonchev–Trinajstić information content (AvgIpc) is 3.10. The van der Waals surface area contributed by atoms with Crippen LogP contribution in [0.2, 0.25) is 0 Å². The molecule has 1 aromatic carbocycles. The summed E-state index contributed by atoms with van der Waals surface area (Å²) in [4.78, 5) is 19.3. The number of carbonyl (C=O) groups excluding carboxylic acids is 1. The molecular formula is C12H13N5O3S. The molecule has 1 fully saturated rings. The number of aromatic nitrogens is 2. The van der Waals surface area contributed by atoms with Crippen LogP contribution in [0, 0.1) is 0 Å². The van der Waals surface area contributed by atoms with Gasteiger partial charge in [-0.25, -0.2) is 9.78 Å². The third-order valence-electron chi connectivity index (χ3n) is 3.05. The van der Waals surface area contributed by atoms with Gasteiger partial charge in [0, 0.05) is 24.5 Å². The Bertz CT molecular complexity index is 740. The number of benzene rings is 1. The van der Waals surface area contributed by atoms with Gasteiger partial charge >= 0.3 is 6.03 Å². The fraction of sp³-hybridized carbons (Fsp3) is 0.167. The first-order valence-electron chi connectivity index (χ1n) is 6.23. The van der Waals surface area contributed by atoms with E-state index in [0.29, 0.717) is 18.8 Å². The van der Waals surface area contributed by atoms with E-state index in [9.17, 15) is 13.2 Å². The van der Waals surface area contributed by atoms with Crippen LogP contribution in [0.15, 0.2) is 41.8 Å². The maximum absolute atomic E-state index is 12.0. The van der Waals surface area contributed by atoms with Crippen LogP contribution in [-0.4, -0.2) is 37.5 Å². The molecule has 0 saturated carbocycles. The van der Waals surface area contributed by atoms with Crippen molar-refractivity contribution in [2.45, 2.75) is 5.03 Å². The van der Waals surface area contributed by atoms with Gasteiger partial charge in [0.15, 0.2) is 5.03 Å². The zero-order valence-electron chi connectivity index (χ0n) is 10.9. The zero-order chi connectivity index (χ0) is 14.9. The Morgan fingerprint density at radius 3 is 2.57 bits per heavy atom. The number of H-pyrrole nitrogens is 1. The van der Waals surface area contributed by atoms with Crippen LogP contribution in [0.25, 0.3) is 0 Å². The number of urea groups is 1. The molecule has 1 aromatic heterocycles. The standard InChI is InChI=1S/C12H13N5O3S/c18-12-14-5-6-17(12)10-3-1-9(2-4-10)16-21(19,20)11-7-13-8-15-11/h1-4,7-8,16H,5-6H2,(H,13,15)(H,14,18). The number of carbonyl (C=O) groups is 1. The van der Waals surface area contributed by atoms with E-state index in [0.717, 1.165) is 5.69 Å². The Morgan fingerprint density at radius 1 is 1.24 bits per heavy atom. The van der Waals surface area contributed by atoms with Gasteiger partial charge in [0.2, 0.25) is 0 Å². The van der Waals surface area contributed by atoms with E-state index in [1.165, 1.54) is 12.5 Å². The number of sulfonamides is 1. The first-order valence-corrected chi connectivity index (χ1v) is 7.71. The minimum Gasteiger partial charge on any atom is -0.336 e. The normalized spacial score (nSPS) is 15.0. The molecule has 3 rings (SSSR count). The zero-order valence-corrected chi connectivity index (χ0v) is 11.7. The fourth-order valence-electron chi connectivity index (χ4n) is 2.03. The quantitative estimate of drug-likeness (QED) is 0.774. The third kappa shape index (κ3) is 2.68. The molecular weight excluding hydrogens is 294 g/mol. The van der Waals surface area contributed by atoms with Crippen molar-refractivity contribution in [3.05, 3.63) is 36.8 Å². The number of hydrogen-bond acceptors (Lipinski definition) is 4. The second kappa shape index (κ2) is 5.09. The molecule has 110 valence electrons. The summed E-state index contributed by atoms with van der Waals surface area (Å²) in [5, 5.41) is 2.70. The van der Waals surface area contributed by atoms with Crippen molar-refractivity contribution in [2.75, 3.05) is 22.7 Å². The maximum atomic E-state index is 12.0. The summed E-state index contributed by atoms with van der Waals surface area (Å²) in [6.45, 7) is 1.20. The van der Waals surface area contributed by atoms with Gasteiger partial charge in [-0.3, -0.25) is 9.62 Å². The fourth-order valence-corrected chi connectivity index (χ4v) is 2.99. The highest BCUT2D eigenvalue weighted by molar-refractivity contribution is 7.92. The van der Waals surface area contributed by atoms with Crippen molar-refractivity contribution in [3.63, 3.8) is 0 Å². The Labute approximate surface area is 121 Å².